The highest BCUT2D eigenvalue weighted by molar-refractivity contribution is 5.73. The standard InChI is InChI=1S/C8H18.C5H11NO2/c1-7(2)6-8(3,4)5;1-3(2)4(6)5(7)8/h7H,6H2,1-5H3;3-4H,6H2,1-2H3,(H,7,8). The Morgan fingerprint density at radius 1 is 1.19 bits per heavy atom. The first kappa shape index (κ1) is 17.8. The minimum Gasteiger partial charge on any atom is -0.480 e. The zero-order valence-electron chi connectivity index (χ0n) is 11.9. The Morgan fingerprint density at radius 3 is 1.56 bits per heavy atom. The van der Waals surface area contributed by atoms with Gasteiger partial charge in [-0.05, 0) is 23.7 Å². The molecule has 0 aliphatic rings. The second-order valence-electron chi connectivity index (χ2n) is 6.27. The zero-order chi connectivity index (χ0) is 13.5. The van der Waals surface area contributed by atoms with E-state index in [-0.39, 0.29) is 5.92 Å². The van der Waals surface area contributed by atoms with Crippen molar-refractivity contribution in [3.05, 3.63) is 0 Å². The normalized spacial score (nSPS) is 13.4. The van der Waals surface area contributed by atoms with Crippen LogP contribution >= 0.6 is 0 Å². The quantitative estimate of drug-likeness (QED) is 0.784. The smallest absolute Gasteiger partial charge is 0.320 e. The van der Waals surface area contributed by atoms with E-state index >= 15 is 0 Å². The molecule has 0 saturated heterocycles. The molecule has 3 N–H and O–H groups in total. The molecule has 0 aliphatic heterocycles. The van der Waals surface area contributed by atoms with Gasteiger partial charge in [-0.2, -0.15) is 0 Å². The maximum Gasteiger partial charge on any atom is 0.320 e. The Morgan fingerprint density at radius 2 is 1.56 bits per heavy atom. The highest BCUT2D eigenvalue weighted by Gasteiger charge is 2.14. The van der Waals surface area contributed by atoms with Crippen molar-refractivity contribution in [3.8, 4) is 0 Å². The van der Waals surface area contributed by atoms with E-state index < -0.39 is 12.0 Å². The van der Waals surface area contributed by atoms with Crippen molar-refractivity contribution in [1.82, 2.24) is 0 Å². The van der Waals surface area contributed by atoms with Crippen LogP contribution in [0.5, 0.6) is 0 Å². The minimum absolute atomic E-state index is 0.0208. The second-order valence-corrected chi connectivity index (χ2v) is 6.27. The van der Waals surface area contributed by atoms with Gasteiger partial charge in [0.1, 0.15) is 6.04 Å². The summed E-state index contributed by atoms with van der Waals surface area (Å²) in [5, 5.41) is 8.23. The van der Waals surface area contributed by atoms with Gasteiger partial charge in [0.2, 0.25) is 0 Å². The van der Waals surface area contributed by atoms with E-state index in [1.54, 1.807) is 13.8 Å². The van der Waals surface area contributed by atoms with Crippen LogP contribution in [0.4, 0.5) is 0 Å². The summed E-state index contributed by atoms with van der Waals surface area (Å²) in [6.07, 6.45) is 1.33. The van der Waals surface area contributed by atoms with Gasteiger partial charge >= 0.3 is 5.97 Å². The minimum atomic E-state index is -0.931. The number of hydrogen-bond donors (Lipinski definition) is 2. The molecule has 0 fully saturated rings. The van der Waals surface area contributed by atoms with Crippen LogP contribution < -0.4 is 5.73 Å². The fourth-order valence-electron chi connectivity index (χ4n) is 1.51. The summed E-state index contributed by atoms with van der Waals surface area (Å²) in [6.45, 7) is 14.9. The first-order chi connectivity index (χ1) is 6.97. The first-order valence-electron chi connectivity index (χ1n) is 5.95. The summed E-state index contributed by atoms with van der Waals surface area (Å²) >= 11 is 0. The highest BCUT2D eigenvalue weighted by atomic mass is 16.4. The molecule has 98 valence electrons. The molecule has 16 heavy (non-hydrogen) atoms. The lowest BCUT2D eigenvalue weighted by molar-refractivity contribution is -0.139. The fourth-order valence-corrected chi connectivity index (χ4v) is 1.51. The van der Waals surface area contributed by atoms with Crippen LogP contribution in [0.15, 0.2) is 0 Å². The molecule has 0 bridgehead atoms. The van der Waals surface area contributed by atoms with Crippen LogP contribution in [-0.4, -0.2) is 17.1 Å². The average molecular weight is 231 g/mol. The molecule has 3 heteroatoms. The second kappa shape index (κ2) is 7.66. The van der Waals surface area contributed by atoms with Crippen LogP contribution in [0, 0.1) is 17.3 Å². The van der Waals surface area contributed by atoms with Gasteiger partial charge in [0.15, 0.2) is 0 Å². The van der Waals surface area contributed by atoms with Gasteiger partial charge in [-0.15, -0.1) is 0 Å². The Balaban J connectivity index is 0. The van der Waals surface area contributed by atoms with Crippen molar-refractivity contribution < 1.29 is 9.90 Å². The van der Waals surface area contributed by atoms with Gasteiger partial charge in [-0.1, -0.05) is 48.5 Å². The monoisotopic (exact) mass is 231 g/mol. The molecule has 0 spiro atoms. The maximum absolute atomic E-state index is 10.0. The number of nitrogens with two attached hydrogens (primary N) is 1. The van der Waals surface area contributed by atoms with E-state index in [0.717, 1.165) is 5.92 Å². The number of rotatable bonds is 3. The summed E-state index contributed by atoms with van der Waals surface area (Å²) in [5.41, 5.74) is 5.68. The zero-order valence-corrected chi connectivity index (χ0v) is 11.9. The molecule has 0 aromatic carbocycles. The van der Waals surface area contributed by atoms with Crippen LogP contribution in [0.3, 0.4) is 0 Å². The van der Waals surface area contributed by atoms with Crippen LogP contribution in [-0.2, 0) is 4.79 Å². The van der Waals surface area contributed by atoms with Gasteiger partial charge in [-0.3, -0.25) is 4.79 Å². The third-order valence-corrected chi connectivity index (χ3v) is 2.02. The van der Waals surface area contributed by atoms with Crippen LogP contribution in [0.1, 0.15) is 54.9 Å². The Bertz CT molecular complexity index is 193. The lowest BCUT2D eigenvalue weighted by atomic mass is 9.86. The summed E-state index contributed by atoms with van der Waals surface area (Å²) < 4.78 is 0. The van der Waals surface area contributed by atoms with Crippen molar-refractivity contribution >= 4 is 5.97 Å². The van der Waals surface area contributed by atoms with E-state index in [1.807, 2.05) is 0 Å². The number of hydrogen-bond acceptors (Lipinski definition) is 2. The van der Waals surface area contributed by atoms with E-state index in [1.165, 1.54) is 6.42 Å². The molecule has 0 aromatic heterocycles. The van der Waals surface area contributed by atoms with Crippen molar-refractivity contribution in [1.29, 1.82) is 0 Å². The third kappa shape index (κ3) is 13.4. The maximum atomic E-state index is 10.0. The SMILES string of the molecule is CC(C)C(N)C(=O)O.CC(C)CC(C)(C)C. The van der Waals surface area contributed by atoms with Crippen molar-refractivity contribution in [3.63, 3.8) is 0 Å². The van der Waals surface area contributed by atoms with Gasteiger partial charge in [0, 0.05) is 0 Å². The third-order valence-electron chi connectivity index (χ3n) is 2.02. The van der Waals surface area contributed by atoms with E-state index in [4.69, 9.17) is 10.8 Å². The molecule has 0 rings (SSSR count). The van der Waals surface area contributed by atoms with Gasteiger partial charge in [0.05, 0.1) is 0 Å². The van der Waals surface area contributed by atoms with Crippen molar-refractivity contribution in [2.75, 3.05) is 0 Å². The average Bonchev–Trinajstić information content (AvgIpc) is 1.98. The van der Waals surface area contributed by atoms with E-state index in [0.29, 0.717) is 5.41 Å². The van der Waals surface area contributed by atoms with E-state index in [9.17, 15) is 4.79 Å². The van der Waals surface area contributed by atoms with Gasteiger partial charge < -0.3 is 10.8 Å². The molecule has 0 amide bonds. The molecule has 0 saturated carbocycles. The predicted octanol–water partition coefficient (Wildman–Crippen LogP) is 3.13. The lowest BCUT2D eigenvalue weighted by Crippen LogP contribution is -2.34. The molecule has 1 unspecified atom stereocenters. The molecule has 0 heterocycles. The lowest BCUT2D eigenvalue weighted by Gasteiger charge is -2.19. The molecule has 0 aromatic rings. The molecule has 0 radical (unpaired) electrons. The molecular weight excluding hydrogens is 202 g/mol. The molecule has 3 nitrogen and oxygen atoms in total. The van der Waals surface area contributed by atoms with Crippen molar-refractivity contribution in [2.24, 2.45) is 23.0 Å². The summed E-state index contributed by atoms with van der Waals surface area (Å²) in [5.74, 6) is -0.0671. The Labute approximate surface area is 100 Å². The molecule has 1 atom stereocenters. The number of carbonyl (C=O) groups is 1. The number of carboxylic acids is 1. The van der Waals surface area contributed by atoms with Crippen LogP contribution in [0.25, 0.3) is 0 Å². The van der Waals surface area contributed by atoms with Crippen molar-refractivity contribution in [2.45, 2.75) is 60.9 Å². The fraction of sp³-hybridized carbons (Fsp3) is 0.923. The number of carboxylic acid groups (broad SMARTS) is 1. The Hall–Kier alpha value is -0.570. The topological polar surface area (TPSA) is 63.3 Å². The number of aliphatic carboxylic acids is 1. The highest BCUT2D eigenvalue weighted by Crippen LogP contribution is 2.23. The first-order valence-corrected chi connectivity index (χ1v) is 5.95. The Kier molecular flexibility index (Phi) is 8.53. The van der Waals surface area contributed by atoms with Gasteiger partial charge in [-0.25, -0.2) is 0 Å². The van der Waals surface area contributed by atoms with Gasteiger partial charge in [0.25, 0.3) is 0 Å². The summed E-state index contributed by atoms with van der Waals surface area (Å²) in [6, 6.07) is -0.713. The van der Waals surface area contributed by atoms with Crippen LogP contribution in [0.2, 0.25) is 0 Å². The van der Waals surface area contributed by atoms with E-state index in [2.05, 4.69) is 34.6 Å². The summed E-state index contributed by atoms with van der Waals surface area (Å²) in [4.78, 5) is 10.0. The molecular formula is C13H29NO2. The summed E-state index contributed by atoms with van der Waals surface area (Å²) in [7, 11) is 0. The predicted molar refractivity (Wildman–Crippen MR) is 69.4 cm³/mol. The molecule has 0 aliphatic carbocycles. The largest absolute Gasteiger partial charge is 0.480 e.